The lowest BCUT2D eigenvalue weighted by molar-refractivity contribution is 0.268. The van der Waals surface area contributed by atoms with Crippen LogP contribution in [0.1, 0.15) is 5.56 Å². The maximum Gasteiger partial charge on any atom is 0.0507 e. The molecule has 1 saturated heterocycles. The summed E-state index contributed by atoms with van der Waals surface area (Å²) in [6.45, 7) is 4.58. The van der Waals surface area contributed by atoms with Gasteiger partial charge in [0, 0.05) is 23.2 Å². The van der Waals surface area contributed by atoms with Gasteiger partial charge in [0.25, 0.3) is 0 Å². The van der Waals surface area contributed by atoms with E-state index < -0.39 is 0 Å². The molecule has 2 nitrogen and oxygen atoms in total. The number of benzene rings is 1. The van der Waals surface area contributed by atoms with Gasteiger partial charge in [-0.3, -0.25) is 9.80 Å². The fraction of sp³-hybridized carbons (Fsp3) is 0.455. The molecular formula is C11H15IN2. The quantitative estimate of drug-likeness (QED) is 0.771. The summed E-state index contributed by atoms with van der Waals surface area (Å²) in [7, 11) is 2.17. The van der Waals surface area contributed by atoms with Crippen LogP contribution in [0.2, 0.25) is 0 Å². The van der Waals surface area contributed by atoms with Crippen LogP contribution in [0.25, 0.3) is 0 Å². The molecule has 1 aliphatic heterocycles. The molecule has 0 atom stereocenters. The molecule has 0 unspecified atom stereocenters. The third-order valence-electron chi connectivity index (χ3n) is 2.56. The molecule has 1 heterocycles. The van der Waals surface area contributed by atoms with Crippen molar-refractivity contribution >= 4 is 22.6 Å². The van der Waals surface area contributed by atoms with Gasteiger partial charge in [-0.25, -0.2) is 0 Å². The first-order chi connectivity index (χ1) is 6.74. The summed E-state index contributed by atoms with van der Waals surface area (Å²) in [5.41, 5.74) is 1.42. The Bertz CT molecular complexity index is 297. The largest absolute Gasteiger partial charge is 0.292 e. The topological polar surface area (TPSA) is 6.48 Å². The van der Waals surface area contributed by atoms with Crippen LogP contribution in [0.4, 0.5) is 0 Å². The van der Waals surface area contributed by atoms with Crippen molar-refractivity contribution in [2.24, 2.45) is 0 Å². The third kappa shape index (κ3) is 2.68. The van der Waals surface area contributed by atoms with E-state index in [9.17, 15) is 0 Å². The fourth-order valence-electron chi connectivity index (χ4n) is 1.77. The van der Waals surface area contributed by atoms with Crippen molar-refractivity contribution in [2.75, 3.05) is 26.8 Å². The van der Waals surface area contributed by atoms with Gasteiger partial charge in [-0.15, -0.1) is 0 Å². The molecule has 0 spiro atoms. The van der Waals surface area contributed by atoms with Crippen molar-refractivity contribution in [3.63, 3.8) is 0 Å². The molecular weight excluding hydrogens is 287 g/mol. The van der Waals surface area contributed by atoms with Crippen LogP contribution in [0.15, 0.2) is 24.3 Å². The molecule has 0 saturated carbocycles. The first-order valence-electron chi connectivity index (χ1n) is 4.89. The van der Waals surface area contributed by atoms with Crippen molar-refractivity contribution in [1.29, 1.82) is 0 Å². The number of halogens is 1. The van der Waals surface area contributed by atoms with E-state index in [1.807, 2.05) is 0 Å². The lowest BCUT2D eigenvalue weighted by Gasteiger charge is -2.15. The molecule has 0 radical (unpaired) electrons. The van der Waals surface area contributed by atoms with Crippen molar-refractivity contribution in [2.45, 2.75) is 6.54 Å². The monoisotopic (exact) mass is 302 g/mol. The van der Waals surface area contributed by atoms with E-state index in [1.165, 1.54) is 22.2 Å². The molecule has 0 bridgehead atoms. The molecule has 14 heavy (non-hydrogen) atoms. The Hall–Kier alpha value is -0.130. The second-order valence-electron chi connectivity index (χ2n) is 3.90. The minimum Gasteiger partial charge on any atom is -0.292 e. The van der Waals surface area contributed by atoms with E-state index in [4.69, 9.17) is 0 Å². The predicted octanol–water partition coefficient (Wildman–Crippen LogP) is 2.00. The van der Waals surface area contributed by atoms with Crippen LogP contribution in [0, 0.1) is 3.57 Å². The first-order valence-corrected chi connectivity index (χ1v) is 5.97. The van der Waals surface area contributed by atoms with Gasteiger partial charge in [0.15, 0.2) is 0 Å². The Balaban J connectivity index is 1.94. The minimum atomic E-state index is 1.08. The summed E-state index contributed by atoms with van der Waals surface area (Å²) in [5.74, 6) is 0. The Kier molecular flexibility index (Phi) is 3.41. The zero-order chi connectivity index (χ0) is 9.97. The van der Waals surface area contributed by atoms with Crippen LogP contribution in [-0.2, 0) is 6.54 Å². The molecule has 1 aliphatic rings. The summed E-state index contributed by atoms with van der Waals surface area (Å²) in [5, 5.41) is 0. The van der Waals surface area contributed by atoms with E-state index in [0.717, 1.165) is 13.2 Å². The van der Waals surface area contributed by atoms with Crippen LogP contribution >= 0.6 is 22.6 Å². The zero-order valence-electron chi connectivity index (χ0n) is 8.41. The minimum absolute atomic E-state index is 1.08. The molecule has 0 amide bonds. The van der Waals surface area contributed by atoms with Crippen LogP contribution in [0.3, 0.4) is 0 Å². The lowest BCUT2D eigenvalue weighted by atomic mass is 10.2. The molecule has 76 valence electrons. The summed E-state index contributed by atoms with van der Waals surface area (Å²) >= 11 is 2.34. The van der Waals surface area contributed by atoms with Gasteiger partial charge in [0.1, 0.15) is 0 Å². The van der Waals surface area contributed by atoms with Crippen LogP contribution in [0.5, 0.6) is 0 Å². The Morgan fingerprint density at radius 1 is 1.21 bits per heavy atom. The van der Waals surface area contributed by atoms with Crippen molar-refractivity contribution in [1.82, 2.24) is 9.80 Å². The summed E-state index contributed by atoms with van der Waals surface area (Å²) in [6, 6.07) is 8.80. The van der Waals surface area contributed by atoms with Crippen molar-refractivity contribution in [3.05, 3.63) is 33.4 Å². The van der Waals surface area contributed by atoms with Crippen molar-refractivity contribution in [3.8, 4) is 0 Å². The SMILES string of the molecule is CN1CCN(Cc2ccc(I)cc2)C1. The van der Waals surface area contributed by atoms with E-state index in [0.29, 0.717) is 0 Å². The highest BCUT2D eigenvalue weighted by Crippen LogP contribution is 2.11. The van der Waals surface area contributed by atoms with E-state index in [-0.39, 0.29) is 0 Å². The van der Waals surface area contributed by atoms with E-state index >= 15 is 0 Å². The van der Waals surface area contributed by atoms with Crippen molar-refractivity contribution < 1.29 is 0 Å². The molecule has 0 aliphatic carbocycles. The van der Waals surface area contributed by atoms with Crippen LogP contribution < -0.4 is 0 Å². The highest BCUT2D eigenvalue weighted by Gasteiger charge is 2.15. The summed E-state index contributed by atoms with van der Waals surface area (Å²) in [4.78, 5) is 4.83. The Labute approximate surface area is 99.0 Å². The number of likely N-dealkylation sites (N-methyl/N-ethyl adjacent to an activating group) is 1. The zero-order valence-corrected chi connectivity index (χ0v) is 10.6. The maximum absolute atomic E-state index is 2.47. The average Bonchev–Trinajstić information content (AvgIpc) is 2.56. The van der Waals surface area contributed by atoms with Gasteiger partial charge in [0.05, 0.1) is 6.67 Å². The Morgan fingerprint density at radius 2 is 1.93 bits per heavy atom. The molecule has 0 aromatic heterocycles. The number of hydrogen-bond donors (Lipinski definition) is 0. The van der Waals surface area contributed by atoms with Gasteiger partial charge in [-0.2, -0.15) is 0 Å². The normalized spacial score (nSPS) is 19.0. The number of hydrogen-bond acceptors (Lipinski definition) is 2. The van der Waals surface area contributed by atoms with Gasteiger partial charge in [-0.05, 0) is 47.3 Å². The van der Waals surface area contributed by atoms with E-state index in [2.05, 4.69) is 63.7 Å². The fourth-order valence-corrected chi connectivity index (χ4v) is 2.13. The Morgan fingerprint density at radius 3 is 2.50 bits per heavy atom. The maximum atomic E-state index is 2.47. The standard InChI is InChI=1S/C11H15IN2/c1-13-6-7-14(9-13)8-10-2-4-11(12)5-3-10/h2-5H,6-9H2,1H3. The first kappa shape index (κ1) is 10.4. The third-order valence-corrected chi connectivity index (χ3v) is 3.28. The molecule has 3 heteroatoms. The summed E-state index contributed by atoms with van der Waals surface area (Å²) < 4.78 is 1.31. The van der Waals surface area contributed by atoms with Gasteiger partial charge < -0.3 is 0 Å². The smallest absolute Gasteiger partial charge is 0.0507 e. The number of nitrogens with zero attached hydrogens (tertiary/aromatic N) is 2. The summed E-state index contributed by atoms with van der Waals surface area (Å²) in [6.07, 6.45) is 0. The highest BCUT2D eigenvalue weighted by atomic mass is 127. The van der Waals surface area contributed by atoms with E-state index in [1.54, 1.807) is 0 Å². The van der Waals surface area contributed by atoms with Gasteiger partial charge >= 0.3 is 0 Å². The predicted molar refractivity (Wildman–Crippen MR) is 67.1 cm³/mol. The molecule has 0 N–H and O–H groups in total. The molecule has 1 aromatic rings. The number of rotatable bonds is 2. The van der Waals surface area contributed by atoms with Crippen LogP contribution in [-0.4, -0.2) is 36.6 Å². The second kappa shape index (κ2) is 4.59. The average molecular weight is 302 g/mol. The molecule has 1 fully saturated rings. The van der Waals surface area contributed by atoms with Gasteiger partial charge in [-0.1, -0.05) is 12.1 Å². The van der Waals surface area contributed by atoms with Gasteiger partial charge in [0.2, 0.25) is 0 Å². The molecule has 2 rings (SSSR count). The lowest BCUT2D eigenvalue weighted by Crippen LogP contribution is -2.22. The molecule has 1 aromatic carbocycles. The highest BCUT2D eigenvalue weighted by molar-refractivity contribution is 14.1. The second-order valence-corrected chi connectivity index (χ2v) is 5.15.